The number of nitrogens with zero attached hydrogens (tertiary/aromatic N) is 1. The fourth-order valence-electron chi connectivity index (χ4n) is 3.12. The molecule has 0 spiro atoms. The van der Waals surface area contributed by atoms with E-state index in [2.05, 4.69) is 10.6 Å². The summed E-state index contributed by atoms with van der Waals surface area (Å²) in [5.41, 5.74) is 1.45. The van der Waals surface area contributed by atoms with Crippen LogP contribution in [0.15, 0.2) is 24.3 Å². The Hall–Kier alpha value is -1.88. The van der Waals surface area contributed by atoms with Crippen LogP contribution in [-0.2, 0) is 4.79 Å². The smallest absolute Gasteiger partial charge is 0.253 e. The standard InChI is InChI=1S/C17H23N3O2/c21-16(14-4-3-9-18-12-14)19-15-7-5-13(6-8-15)17(22)20-10-1-2-11-20/h5-8,14,18H,1-4,9-12H2,(H,19,21). The first kappa shape index (κ1) is 15.0. The highest BCUT2D eigenvalue weighted by atomic mass is 16.2. The molecule has 2 heterocycles. The second-order valence-corrected chi connectivity index (χ2v) is 6.11. The summed E-state index contributed by atoms with van der Waals surface area (Å²) in [5, 5.41) is 6.19. The van der Waals surface area contributed by atoms with Gasteiger partial charge in [-0.25, -0.2) is 0 Å². The molecule has 1 aromatic carbocycles. The van der Waals surface area contributed by atoms with Crippen molar-refractivity contribution in [2.75, 3.05) is 31.5 Å². The SMILES string of the molecule is O=C(Nc1ccc(C(=O)N2CCCC2)cc1)C1CCCNC1. The lowest BCUT2D eigenvalue weighted by Gasteiger charge is -2.22. The van der Waals surface area contributed by atoms with Crippen molar-refractivity contribution in [3.05, 3.63) is 29.8 Å². The quantitative estimate of drug-likeness (QED) is 0.896. The average molecular weight is 301 g/mol. The van der Waals surface area contributed by atoms with E-state index < -0.39 is 0 Å². The van der Waals surface area contributed by atoms with Crippen LogP contribution in [-0.4, -0.2) is 42.9 Å². The van der Waals surface area contributed by atoms with Crippen LogP contribution >= 0.6 is 0 Å². The molecule has 1 atom stereocenters. The zero-order valence-electron chi connectivity index (χ0n) is 12.8. The fourth-order valence-corrected chi connectivity index (χ4v) is 3.12. The number of piperidine rings is 1. The predicted molar refractivity (Wildman–Crippen MR) is 85.8 cm³/mol. The van der Waals surface area contributed by atoms with E-state index in [1.807, 2.05) is 17.0 Å². The largest absolute Gasteiger partial charge is 0.339 e. The van der Waals surface area contributed by atoms with Crippen LogP contribution in [0.4, 0.5) is 5.69 Å². The summed E-state index contributed by atoms with van der Waals surface area (Å²) < 4.78 is 0. The maximum atomic E-state index is 12.3. The Morgan fingerprint density at radius 3 is 2.45 bits per heavy atom. The Balaban J connectivity index is 1.58. The van der Waals surface area contributed by atoms with Crippen molar-refractivity contribution in [2.24, 2.45) is 5.92 Å². The van der Waals surface area contributed by atoms with E-state index in [4.69, 9.17) is 0 Å². The molecule has 1 aromatic rings. The number of hydrogen-bond donors (Lipinski definition) is 2. The molecule has 0 saturated carbocycles. The second kappa shape index (κ2) is 6.92. The normalized spacial score (nSPS) is 21.6. The monoisotopic (exact) mass is 301 g/mol. The molecule has 2 saturated heterocycles. The van der Waals surface area contributed by atoms with Crippen molar-refractivity contribution in [2.45, 2.75) is 25.7 Å². The number of nitrogens with one attached hydrogen (secondary N) is 2. The van der Waals surface area contributed by atoms with Gasteiger partial charge in [-0.2, -0.15) is 0 Å². The highest BCUT2D eigenvalue weighted by Gasteiger charge is 2.21. The first-order valence-corrected chi connectivity index (χ1v) is 8.15. The van der Waals surface area contributed by atoms with Gasteiger partial charge in [-0.1, -0.05) is 0 Å². The van der Waals surface area contributed by atoms with Crippen LogP contribution in [0.1, 0.15) is 36.0 Å². The van der Waals surface area contributed by atoms with Gasteiger partial charge in [-0.05, 0) is 56.5 Å². The van der Waals surface area contributed by atoms with Crippen LogP contribution in [0.3, 0.4) is 0 Å². The minimum absolute atomic E-state index is 0.0414. The van der Waals surface area contributed by atoms with Gasteiger partial charge in [-0.15, -0.1) is 0 Å². The van der Waals surface area contributed by atoms with Crippen LogP contribution in [0.5, 0.6) is 0 Å². The molecule has 5 nitrogen and oxygen atoms in total. The molecule has 1 unspecified atom stereocenters. The topological polar surface area (TPSA) is 61.4 Å². The molecule has 2 aliphatic rings. The molecule has 0 bridgehead atoms. The zero-order valence-corrected chi connectivity index (χ0v) is 12.8. The lowest BCUT2D eigenvalue weighted by atomic mass is 9.99. The van der Waals surface area contributed by atoms with E-state index in [0.29, 0.717) is 5.56 Å². The molecule has 2 aliphatic heterocycles. The summed E-state index contributed by atoms with van der Waals surface area (Å²) in [6, 6.07) is 7.24. The van der Waals surface area contributed by atoms with E-state index in [0.717, 1.165) is 57.5 Å². The van der Waals surface area contributed by atoms with E-state index in [1.165, 1.54) is 0 Å². The molecule has 3 rings (SSSR count). The Labute approximate surface area is 131 Å². The number of carbonyl (C=O) groups excluding carboxylic acids is 2. The van der Waals surface area contributed by atoms with Gasteiger partial charge in [0, 0.05) is 30.9 Å². The molecular formula is C17H23N3O2. The maximum Gasteiger partial charge on any atom is 0.253 e. The lowest BCUT2D eigenvalue weighted by molar-refractivity contribution is -0.120. The molecular weight excluding hydrogens is 278 g/mol. The summed E-state index contributed by atoms with van der Waals surface area (Å²) in [7, 11) is 0. The van der Waals surface area contributed by atoms with Gasteiger partial charge < -0.3 is 15.5 Å². The van der Waals surface area contributed by atoms with Crippen LogP contribution in [0, 0.1) is 5.92 Å². The van der Waals surface area contributed by atoms with Crippen LogP contribution in [0.25, 0.3) is 0 Å². The van der Waals surface area contributed by atoms with Crippen LogP contribution in [0.2, 0.25) is 0 Å². The third-order valence-corrected chi connectivity index (χ3v) is 4.46. The Bertz CT molecular complexity index is 529. The molecule has 2 fully saturated rings. The number of likely N-dealkylation sites (tertiary alicyclic amines) is 1. The third-order valence-electron chi connectivity index (χ3n) is 4.46. The molecule has 22 heavy (non-hydrogen) atoms. The first-order chi connectivity index (χ1) is 10.7. The van der Waals surface area contributed by atoms with Gasteiger partial charge in [0.25, 0.3) is 5.91 Å². The number of amides is 2. The molecule has 0 aliphatic carbocycles. The Kier molecular flexibility index (Phi) is 4.73. The number of benzene rings is 1. The van der Waals surface area contributed by atoms with Crippen molar-refractivity contribution >= 4 is 17.5 Å². The fraction of sp³-hybridized carbons (Fsp3) is 0.529. The molecule has 2 amide bonds. The summed E-state index contributed by atoms with van der Waals surface area (Å²) in [4.78, 5) is 26.3. The average Bonchev–Trinajstić information content (AvgIpc) is 3.10. The van der Waals surface area contributed by atoms with Crippen molar-refractivity contribution in [1.29, 1.82) is 0 Å². The highest BCUT2D eigenvalue weighted by molar-refractivity contribution is 5.96. The van der Waals surface area contributed by atoms with Gasteiger partial charge in [0.2, 0.25) is 5.91 Å². The van der Waals surface area contributed by atoms with Crippen molar-refractivity contribution < 1.29 is 9.59 Å². The summed E-state index contributed by atoms with van der Waals surface area (Å²) in [6.07, 6.45) is 4.16. The van der Waals surface area contributed by atoms with Gasteiger partial charge in [0.05, 0.1) is 5.92 Å². The predicted octanol–water partition coefficient (Wildman–Crippen LogP) is 1.86. The summed E-state index contributed by atoms with van der Waals surface area (Å²) >= 11 is 0. The molecule has 0 aromatic heterocycles. The lowest BCUT2D eigenvalue weighted by Crippen LogP contribution is -2.37. The number of rotatable bonds is 3. The zero-order chi connectivity index (χ0) is 15.4. The second-order valence-electron chi connectivity index (χ2n) is 6.11. The molecule has 5 heteroatoms. The van der Waals surface area contributed by atoms with Crippen molar-refractivity contribution in [1.82, 2.24) is 10.2 Å². The number of anilines is 1. The maximum absolute atomic E-state index is 12.3. The van der Waals surface area contributed by atoms with E-state index in [1.54, 1.807) is 12.1 Å². The van der Waals surface area contributed by atoms with Gasteiger partial charge >= 0.3 is 0 Å². The highest BCUT2D eigenvalue weighted by Crippen LogP contribution is 2.17. The minimum atomic E-state index is 0.0414. The van der Waals surface area contributed by atoms with E-state index in [-0.39, 0.29) is 17.7 Å². The van der Waals surface area contributed by atoms with E-state index >= 15 is 0 Å². The Morgan fingerprint density at radius 1 is 1.09 bits per heavy atom. The van der Waals surface area contributed by atoms with Gasteiger partial charge in [0.1, 0.15) is 0 Å². The molecule has 2 N–H and O–H groups in total. The van der Waals surface area contributed by atoms with Crippen molar-refractivity contribution in [3.8, 4) is 0 Å². The number of hydrogen-bond acceptors (Lipinski definition) is 3. The van der Waals surface area contributed by atoms with Gasteiger partial charge in [-0.3, -0.25) is 9.59 Å². The summed E-state index contributed by atoms with van der Waals surface area (Å²) in [5.74, 6) is 0.192. The molecule has 0 radical (unpaired) electrons. The Morgan fingerprint density at radius 2 is 1.82 bits per heavy atom. The van der Waals surface area contributed by atoms with E-state index in [9.17, 15) is 9.59 Å². The number of carbonyl (C=O) groups is 2. The molecule has 118 valence electrons. The first-order valence-electron chi connectivity index (χ1n) is 8.15. The van der Waals surface area contributed by atoms with Gasteiger partial charge in [0.15, 0.2) is 0 Å². The minimum Gasteiger partial charge on any atom is -0.339 e. The third kappa shape index (κ3) is 3.47. The summed E-state index contributed by atoms with van der Waals surface area (Å²) in [6.45, 7) is 3.45. The van der Waals surface area contributed by atoms with Crippen molar-refractivity contribution in [3.63, 3.8) is 0 Å². The van der Waals surface area contributed by atoms with Crippen LogP contribution < -0.4 is 10.6 Å².